The molecule has 0 aliphatic heterocycles. The van der Waals surface area contributed by atoms with Gasteiger partial charge in [-0.2, -0.15) is 0 Å². The van der Waals surface area contributed by atoms with E-state index in [9.17, 15) is 14.4 Å². The number of carbonyl (C=O) groups excluding carboxylic acids is 3. The van der Waals surface area contributed by atoms with E-state index < -0.39 is 18.5 Å². The van der Waals surface area contributed by atoms with Crippen LogP contribution in [0.15, 0.2) is 54.6 Å². The van der Waals surface area contributed by atoms with Gasteiger partial charge in [0.25, 0.3) is 5.91 Å². The highest BCUT2D eigenvalue weighted by Crippen LogP contribution is 2.22. The Bertz CT molecular complexity index is 847. The highest BCUT2D eigenvalue weighted by Gasteiger charge is 2.24. The van der Waals surface area contributed by atoms with E-state index in [1.54, 1.807) is 12.1 Å². The third-order valence-corrected chi connectivity index (χ3v) is 4.42. The summed E-state index contributed by atoms with van der Waals surface area (Å²) in [5.74, 6) is -0.781. The number of rotatable bonds is 9. The summed E-state index contributed by atoms with van der Waals surface area (Å²) in [5, 5.41) is 2.80. The fourth-order valence-corrected chi connectivity index (χ4v) is 2.62. The van der Waals surface area contributed by atoms with Crippen molar-refractivity contribution in [3.05, 3.63) is 54.6 Å². The van der Waals surface area contributed by atoms with Gasteiger partial charge in [-0.25, -0.2) is 4.79 Å². The third kappa shape index (κ3) is 6.64. The Morgan fingerprint density at radius 2 is 1.62 bits per heavy atom. The molecule has 0 bridgehead atoms. The van der Waals surface area contributed by atoms with Crippen LogP contribution in [0.25, 0.3) is 11.1 Å². The van der Waals surface area contributed by atoms with E-state index in [0.717, 1.165) is 24.0 Å². The lowest BCUT2D eigenvalue weighted by Crippen LogP contribution is -2.40. The molecule has 152 valence electrons. The normalized spacial score (nSPS) is 12.7. The van der Waals surface area contributed by atoms with Crippen molar-refractivity contribution in [1.29, 1.82) is 0 Å². The fourth-order valence-electron chi connectivity index (χ4n) is 2.62. The van der Waals surface area contributed by atoms with Crippen molar-refractivity contribution in [3.63, 3.8) is 0 Å². The van der Waals surface area contributed by atoms with Gasteiger partial charge in [0, 0.05) is 13.1 Å². The number of benzene rings is 2. The fraction of sp³-hybridized carbons (Fsp3) is 0.318. The number of nitrogens with zero attached hydrogens (tertiary/aromatic N) is 1. The van der Waals surface area contributed by atoms with Gasteiger partial charge in [0.2, 0.25) is 5.91 Å². The van der Waals surface area contributed by atoms with Gasteiger partial charge >= 0.3 is 5.97 Å². The highest BCUT2D eigenvalue weighted by molar-refractivity contribution is 5.86. The third-order valence-electron chi connectivity index (χ3n) is 4.42. The van der Waals surface area contributed by atoms with Crippen LogP contribution in [0.3, 0.4) is 0 Å². The predicted molar refractivity (Wildman–Crippen MR) is 107 cm³/mol. The van der Waals surface area contributed by atoms with E-state index in [-0.39, 0.29) is 25.1 Å². The summed E-state index contributed by atoms with van der Waals surface area (Å²) in [6.45, 7) is -0.788. The van der Waals surface area contributed by atoms with Crippen LogP contribution in [0.1, 0.15) is 12.8 Å². The minimum Gasteiger partial charge on any atom is -0.482 e. The van der Waals surface area contributed by atoms with Crippen LogP contribution in [-0.4, -0.2) is 55.5 Å². The molecule has 1 aliphatic carbocycles. The van der Waals surface area contributed by atoms with Crippen LogP contribution < -0.4 is 10.1 Å². The summed E-state index contributed by atoms with van der Waals surface area (Å²) in [5.41, 5.74) is 2.13. The predicted octanol–water partition coefficient (Wildman–Crippen LogP) is 2.01. The first kappa shape index (κ1) is 20.4. The molecule has 0 aromatic heterocycles. The van der Waals surface area contributed by atoms with E-state index in [1.807, 2.05) is 42.5 Å². The van der Waals surface area contributed by atoms with Gasteiger partial charge in [-0.3, -0.25) is 9.59 Å². The molecule has 3 rings (SSSR count). The Morgan fingerprint density at radius 3 is 2.28 bits per heavy atom. The topological polar surface area (TPSA) is 84.9 Å². The van der Waals surface area contributed by atoms with Gasteiger partial charge < -0.3 is 19.7 Å². The standard InChI is InChI=1S/C22H24N2O5/c1-24(13-20(25)23-18-9-10-18)21(26)14-29-22(27)15-28-19-11-7-17(8-12-19)16-5-3-2-4-6-16/h2-8,11-12,18H,9-10,13-15H2,1H3,(H,23,25). The van der Waals surface area contributed by atoms with E-state index >= 15 is 0 Å². The summed E-state index contributed by atoms with van der Waals surface area (Å²) >= 11 is 0. The molecule has 7 heteroatoms. The van der Waals surface area contributed by atoms with Crippen molar-refractivity contribution < 1.29 is 23.9 Å². The molecule has 0 unspecified atom stereocenters. The minimum absolute atomic E-state index is 0.0584. The molecule has 1 N–H and O–H groups in total. The molecule has 2 aromatic carbocycles. The van der Waals surface area contributed by atoms with Crippen molar-refractivity contribution in [1.82, 2.24) is 10.2 Å². The monoisotopic (exact) mass is 396 g/mol. The van der Waals surface area contributed by atoms with Gasteiger partial charge in [-0.05, 0) is 36.1 Å². The molecule has 7 nitrogen and oxygen atoms in total. The van der Waals surface area contributed by atoms with E-state index in [2.05, 4.69) is 5.32 Å². The molecule has 2 aromatic rings. The average molecular weight is 396 g/mol. The van der Waals surface area contributed by atoms with Crippen LogP contribution in [0.2, 0.25) is 0 Å². The maximum absolute atomic E-state index is 12.0. The van der Waals surface area contributed by atoms with Gasteiger partial charge in [0.1, 0.15) is 5.75 Å². The summed E-state index contributed by atoms with van der Waals surface area (Å²) in [7, 11) is 1.49. The Kier molecular flexibility index (Phi) is 6.84. The van der Waals surface area contributed by atoms with Crippen LogP contribution >= 0.6 is 0 Å². The SMILES string of the molecule is CN(CC(=O)NC1CC1)C(=O)COC(=O)COc1ccc(-c2ccccc2)cc1. The van der Waals surface area contributed by atoms with E-state index in [0.29, 0.717) is 5.75 Å². The number of esters is 1. The van der Waals surface area contributed by atoms with E-state index in [1.165, 1.54) is 11.9 Å². The van der Waals surface area contributed by atoms with Crippen molar-refractivity contribution in [3.8, 4) is 16.9 Å². The Morgan fingerprint density at radius 1 is 0.966 bits per heavy atom. The average Bonchev–Trinajstić information content (AvgIpc) is 3.55. The zero-order chi connectivity index (χ0) is 20.6. The largest absolute Gasteiger partial charge is 0.482 e. The second-order valence-corrected chi connectivity index (χ2v) is 6.93. The molecule has 1 fully saturated rings. The summed E-state index contributed by atoms with van der Waals surface area (Å²) in [4.78, 5) is 36.7. The second kappa shape index (κ2) is 9.73. The quantitative estimate of drug-likeness (QED) is 0.656. The van der Waals surface area contributed by atoms with Crippen LogP contribution in [0, 0.1) is 0 Å². The minimum atomic E-state index is -0.652. The van der Waals surface area contributed by atoms with Gasteiger partial charge in [-0.15, -0.1) is 0 Å². The summed E-state index contributed by atoms with van der Waals surface area (Å²) < 4.78 is 10.3. The molecule has 2 amide bonds. The molecule has 29 heavy (non-hydrogen) atoms. The molecular formula is C22H24N2O5. The molecule has 0 atom stereocenters. The summed E-state index contributed by atoms with van der Waals surface area (Å²) in [6, 6.07) is 17.5. The Balaban J connectivity index is 1.37. The number of hydrogen-bond donors (Lipinski definition) is 1. The molecular weight excluding hydrogens is 372 g/mol. The zero-order valence-electron chi connectivity index (χ0n) is 16.3. The number of ether oxygens (including phenoxy) is 2. The maximum Gasteiger partial charge on any atom is 0.344 e. The van der Waals surface area contributed by atoms with Gasteiger partial charge in [0.15, 0.2) is 13.2 Å². The lowest BCUT2D eigenvalue weighted by atomic mass is 10.1. The van der Waals surface area contributed by atoms with Gasteiger partial charge in [-0.1, -0.05) is 42.5 Å². The van der Waals surface area contributed by atoms with Crippen molar-refractivity contribution in [2.24, 2.45) is 0 Å². The molecule has 1 saturated carbocycles. The first-order chi connectivity index (χ1) is 14.0. The molecule has 0 spiro atoms. The molecule has 0 saturated heterocycles. The maximum atomic E-state index is 12.0. The Hall–Kier alpha value is -3.35. The van der Waals surface area contributed by atoms with Crippen molar-refractivity contribution in [2.45, 2.75) is 18.9 Å². The first-order valence-corrected chi connectivity index (χ1v) is 9.48. The molecule has 0 radical (unpaired) electrons. The lowest BCUT2D eigenvalue weighted by molar-refractivity contribution is -0.153. The molecule has 1 aliphatic rings. The van der Waals surface area contributed by atoms with Crippen molar-refractivity contribution in [2.75, 3.05) is 26.8 Å². The number of nitrogens with one attached hydrogen (secondary N) is 1. The van der Waals surface area contributed by atoms with E-state index in [4.69, 9.17) is 9.47 Å². The summed E-state index contributed by atoms with van der Waals surface area (Å²) in [6.07, 6.45) is 1.96. The number of amides is 2. The zero-order valence-corrected chi connectivity index (χ0v) is 16.3. The lowest BCUT2D eigenvalue weighted by Gasteiger charge is -2.16. The number of carbonyl (C=O) groups is 3. The molecule has 0 heterocycles. The first-order valence-electron chi connectivity index (χ1n) is 9.48. The number of hydrogen-bond acceptors (Lipinski definition) is 5. The smallest absolute Gasteiger partial charge is 0.344 e. The van der Waals surface area contributed by atoms with Crippen molar-refractivity contribution >= 4 is 17.8 Å². The number of likely N-dealkylation sites (N-methyl/N-ethyl adjacent to an activating group) is 1. The van der Waals surface area contributed by atoms with Crippen LogP contribution in [-0.2, 0) is 19.1 Å². The van der Waals surface area contributed by atoms with Crippen LogP contribution in [0.5, 0.6) is 5.75 Å². The highest BCUT2D eigenvalue weighted by atomic mass is 16.6. The van der Waals surface area contributed by atoms with Gasteiger partial charge in [0.05, 0.1) is 6.54 Å². The Labute approximate surface area is 169 Å². The van der Waals surface area contributed by atoms with Crippen LogP contribution in [0.4, 0.5) is 0 Å². The second-order valence-electron chi connectivity index (χ2n) is 6.93.